The Morgan fingerprint density at radius 2 is 2.28 bits per heavy atom. The molecular formula is C12H11F2N3O. The topological polar surface area (TPSA) is 56.1 Å². The lowest BCUT2D eigenvalue weighted by atomic mass is 10.1. The maximum absolute atomic E-state index is 13.5. The number of halogens is 2. The van der Waals surface area contributed by atoms with Crippen LogP contribution in [0.25, 0.3) is 0 Å². The van der Waals surface area contributed by atoms with E-state index in [2.05, 4.69) is 5.32 Å². The van der Waals surface area contributed by atoms with Gasteiger partial charge in [0, 0.05) is 18.7 Å². The molecule has 0 spiro atoms. The van der Waals surface area contributed by atoms with Crippen LogP contribution in [0.3, 0.4) is 0 Å². The van der Waals surface area contributed by atoms with Crippen molar-refractivity contribution in [1.29, 1.82) is 5.26 Å². The molecule has 1 unspecified atom stereocenters. The molecule has 6 heteroatoms. The van der Waals surface area contributed by atoms with E-state index in [0.717, 1.165) is 18.2 Å². The number of nitrogens with zero attached hydrogens (tertiary/aromatic N) is 2. The van der Waals surface area contributed by atoms with Gasteiger partial charge >= 0.3 is 6.03 Å². The van der Waals surface area contributed by atoms with Gasteiger partial charge in [0.2, 0.25) is 0 Å². The van der Waals surface area contributed by atoms with E-state index in [1.165, 1.54) is 4.90 Å². The summed E-state index contributed by atoms with van der Waals surface area (Å²) in [5.74, 6) is -1.10. The lowest BCUT2D eigenvalue weighted by molar-refractivity contribution is 0.218. The fourth-order valence-electron chi connectivity index (χ4n) is 1.92. The molecule has 1 saturated heterocycles. The molecule has 4 nitrogen and oxygen atoms in total. The van der Waals surface area contributed by atoms with Crippen molar-refractivity contribution >= 4 is 6.03 Å². The molecule has 0 radical (unpaired) electrons. The van der Waals surface area contributed by atoms with Gasteiger partial charge in [0.15, 0.2) is 0 Å². The molecule has 0 aromatic heterocycles. The van der Waals surface area contributed by atoms with Crippen molar-refractivity contribution in [2.75, 3.05) is 13.1 Å². The van der Waals surface area contributed by atoms with Gasteiger partial charge in [0.1, 0.15) is 11.6 Å². The molecule has 2 rings (SSSR count). The van der Waals surface area contributed by atoms with Crippen molar-refractivity contribution in [3.63, 3.8) is 0 Å². The van der Waals surface area contributed by atoms with Crippen molar-refractivity contribution in [3.8, 4) is 6.07 Å². The number of nitrogens with one attached hydrogen (secondary N) is 1. The molecule has 1 aromatic rings. The summed E-state index contributed by atoms with van der Waals surface area (Å²) < 4.78 is 26.6. The minimum absolute atomic E-state index is 0.128. The van der Waals surface area contributed by atoms with Crippen LogP contribution < -0.4 is 5.32 Å². The summed E-state index contributed by atoms with van der Waals surface area (Å²) in [6, 6.07) is 4.14. The quantitative estimate of drug-likeness (QED) is 0.892. The zero-order valence-corrected chi connectivity index (χ0v) is 9.49. The van der Waals surface area contributed by atoms with Crippen LogP contribution in [0.5, 0.6) is 0 Å². The molecule has 0 aliphatic carbocycles. The standard InChI is InChI=1S/C12H11F2N3O/c13-8-2-3-10(14)9(6-8)11-7-17(5-1-4-15)12(18)16-11/h2-3,6,11H,1,5,7H2,(H,16,18). The highest BCUT2D eigenvalue weighted by Crippen LogP contribution is 2.23. The molecule has 1 aliphatic heterocycles. The van der Waals surface area contributed by atoms with Gasteiger partial charge in [-0.1, -0.05) is 0 Å². The number of hydrogen-bond donors (Lipinski definition) is 1. The number of carbonyl (C=O) groups excluding carboxylic acids is 1. The van der Waals surface area contributed by atoms with Gasteiger partial charge in [0.25, 0.3) is 0 Å². The first-order chi connectivity index (χ1) is 8.61. The SMILES string of the molecule is N#CCCN1CC(c2cc(F)ccc2F)NC1=O. The Labute approximate surface area is 103 Å². The van der Waals surface area contributed by atoms with Gasteiger partial charge in [0.05, 0.1) is 18.5 Å². The number of benzene rings is 1. The van der Waals surface area contributed by atoms with Gasteiger partial charge in [-0.2, -0.15) is 5.26 Å². The average molecular weight is 251 g/mol. The van der Waals surface area contributed by atoms with E-state index in [1.807, 2.05) is 6.07 Å². The van der Waals surface area contributed by atoms with Crippen LogP contribution in [0.15, 0.2) is 18.2 Å². The maximum Gasteiger partial charge on any atom is 0.318 e. The van der Waals surface area contributed by atoms with Crippen LogP contribution >= 0.6 is 0 Å². The summed E-state index contributed by atoms with van der Waals surface area (Å²) >= 11 is 0. The lowest BCUT2D eigenvalue weighted by Gasteiger charge is -2.13. The van der Waals surface area contributed by atoms with Crippen LogP contribution in [0, 0.1) is 23.0 Å². The zero-order valence-electron chi connectivity index (χ0n) is 9.49. The van der Waals surface area contributed by atoms with Crippen molar-refractivity contribution < 1.29 is 13.6 Å². The van der Waals surface area contributed by atoms with Crippen molar-refractivity contribution in [3.05, 3.63) is 35.4 Å². The Kier molecular flexibility index (Phi) is 3.42. The number of amides is 2. The Hall–Kier alpha value is -2.16. The first-order valence-electron chi connectivity index (χ1n) is 5.49. The third-order valence-corrected chi connectivity index (χ3v) is 2.81. The predicted octanol–water partition coefficient (Wildman–Crippen LogP) is 1.94. The third-order valence-electron chi connectivity index (χ3n) is 2.81. The Bertz CT molecular complexity index is 513. The molecule has 1 fully saturated rings. The highest BCUT2D eigenvalue weighted by Gasteiger charge is 2.31. The summed E-state index contributed by atoms with van der Waals surface area (Å²) in [6.45, 7) is 0.524. The van der Waals surface area contributed by atoms with E-state index in [9.17, 15) is 13.6 Å². The minimum Gasteiger partial charge on any atom is -0.329 e. The second-order valence-electron chi connectivity index (χ2n) is 4.02. The molecule has 1 aromatic carbocycles. The summed E-state index contributed by atoms with van der Waals surface area (Å²) in [4.78, 5) is 13.0. The number of carbonyl (C=O) groups is 1. The number of rotatable bonds is 3. The fraction of sp³-hybridized carbons (Fsp3) is 0.333. The van der Waals surface area contributed by atoms with Crippen molar-refractivity contribution in [2.45, 2.75) is 12.5 Å². The lowest BCUT2D eigenvalue weighted by Crippen LogP contribution is -2.28. The molecule has 0 bridgehead atoms. The van der Waals surface area contributed by atoms with E-state index in [1.54, 1.807) is 0 Å². The molecule has 18 heavy (non-hydrogen) atoms. The highest BCUT2D eigenvalue weighted by atomic mass is 19.1. The van der Waals surface area contributed by atoms with Crippen LogP contribution in [-0.4, -0.2) is 24.0 Å². The van der Waals surface area contributed by atoms with Gasteiger partial charge < -0.3 is 10.2 Å². The summed E-state index contributed by atoms with van der Waals surface area (Å²) in [6.07, 6.45) is 0.214. The molecule has 0 saturated carbocycles. The predicted molar refractivity (Wildman–Crippen MR) is 59.4 cm³/mol. The monoisotopic (exact) mass is 251 g/mol. The van der Waals surface area contributed by atoms with Gasteiger partial charge in [-0.25, -0.2) is 13.6 Å². The average Bonchev–Trinajstić information content (AvgIpc) is 2.71. The fourth-order valence-corrected chi connectivity index (χ4v) is 1.92. The minimum atomic E-state index is -0.577. The van der Waals surface area contributed by atoms with Crippen LogP contribution in [0.1, 0.15) is 18.0 Å². The van der Waals surface area contributed by atoms with E-state index >= 15 is 0 Å². The number of nitriles is 1. The normalized spacial score (nSPS) is 18.6. The molecule has 1 heterocycles. The molecule has 2 amide bonds. The second-order valence-corrected chi connectivity index (χ2v) is 4.02. The molecule has 1 atom stereocenters. The summed E-state index contributed by atoms with van der Waals surface area (Å²) in [7, 11) is 0. The van der Waals surface area contributed by atoms with E-state index in [0.29, 0.717) is 0 Å². The summed E-state index contributed by atoms with van der Waals surface area (Å²) in [5.41, 5.74) is 0.128. The van der Waals surface area contributed by atoms with Crippen molar-refractivity contribution in [1.82, 2.24) is 10.2 Å². The largest absolute Gasteiger partial charge is 0.329 e. The third kappa shape index (κ3) is 2.40. The van der Waals surface area contributed by atoms with Gasteiger partial charge in [-0.3, -0.25) is 0 Å². The Morgan fingerprint density at radius 3 is 3.00 bits per heavy atom. The first-order valence-corrected chi connectivity index (χ1v) is 5.49. The Balaban J connectivity index is 2.14. The zero-order chi connectivity index (χ0) is 13.1. The van der Waals surface area contributed by atoms with Crippen molar-refractivity contribution in [2.24, 2.45) is 0 Å². The smallest absolute Gasteiger partial charge is 0.318 e. The van der Waals surface area contributed by atoms with Crippen LogP contribution in [-0.2, 0) is 0 Å². The van der Waals surface area contributed by atoms with Gasteiger partial charge in [-0.15, -0.1) is 0 Å². The van der Waals surface area contributed by atoms with Gasteiger partial charge in [-0.05, 0) is 18.2 Å². The second kappa shape index (κ2) is 5.00. The van der Waals surface area contributed by atoms with Crippen LogP contribution in [0.4, 0.5) is 13.6 Å². The Morgan fingerprint density at radius 1 is 1.50 bits per heavy atom. The maximum atomic E-state index is 13.5. The summed E-state index contributed by atoms with van der Waals surface area (Å²) in [5, 5.41) is 11.0. The number of urea groups is 1. The van der Waals surface area contributed by atoms with E-state index in [4.69, 9.17) is 5.26 Å². The molecule has 94 valence electrons. The number of hydrogen-bond acceptors (Lipinski definition) is 2. The van der Waals surface area contributed by atoms with Crippen LogP contribution in [0.2, 0.25) is 0 Å². The van der Waals surface area contributed by atoms with E-state index in [-0.39, 0.29) is 31.1 Å². The highest BCUT2D eigenvalue weighted by molar-refractivity contribution is 5.77. The molecule has 1 aliphatic rings. The molecular weight excluding hydrogens is 240 g/mol. The molecule has 1 N–H and O–H groups in total. The first kappa shape index (κ1) is 12.3. The van der Waals surface area contributed by atoms with E-state index < -0.39 is 17.7 Å².